The van der Waals surface area contributed by atoms with Gasteiger partial charge in [0.1, 0.15) is 0 Å². The van der Waals surface area contributed by atoms with Crippen LogP contribution in [0.1, 0.15) is 18.1 Å². The Morgan fingerprint density at radius 3 is 2.81 bits per heavy atom. The molecular weight excluding hydrogens is 282 g/mol. The summed E-state index contributed by atoms with van der Waals surface area (Å²) in [5, 5.41) is 3.00. The van der Waals surface area contributed by atoms with Crippen molar-refractivity contribution in [3.05, 3.63) is 29.3 Å². The minimum absolute atomic E-state index is 0.00729. The smallest absolute Gasteiger partial charge is 0.228 e. The van der Waals surface area contributed by atoms with Gasteiger partial charge in [0.2, 0.25) is 5.91 Å². The van der Waals surface area contributed by atoms with Gasteiger partial charge in [0, 0.05) is 49.3 Å². The predicted octanol–water partition coefficient (Wildman–Crippen LogP) is 2.08. The molecule has 0 saturated carbocycles. The first kappa shape index (κ1) is 16.3. The van der Waals surface area contributed by atoms with Crippen LogP contribution in [0.25, 0.3) is 0 Å². The molecule has 1 aromatic rings. The molecule has 4 nitrogen and oxygen atoms in total. The molecule has 0 aliphatic carbocycles. The second kappa shape index (κ2) is 7.82. The second-order valence-corrected chi connectivity index (χ2v) is 6.83. The van der Waals surface area contributed by atoms with Gasteiger partial charge in [-0.1, -0.05) is 19.1 Å². The number of hydrogen-bond donors (Lipinski definition) is 2. The first-order chi connectivity index (χ1) is 10.1. The number of rotatable bonds is 5. The van der Waals surface area contributed by atoms with Gasteiger partial charge in [0.25, 0.3) is 0 Å². The minimum Gasteiger partial charge on any atom is -0.330 e. The molecule has 1 saturated heterocycles. The van der Waals surface area contributed by atoms with Crippen LogP contribution in [-0.4, -0.2) is 41.9 Å². The summed E-state index contributed by atoms with van der Waals surface area (Å²) >= 11 is 2.02. The van der Waals surface area contributed by atoms with Crippen LogP contribution in [-0.2, 0) is 11.3 Å². The first-order valence-corrected chi connectivity index (χ1v) is 8.66. The fraction of sp³-hybridized carbons (Fsp3) is 0.562. The summed E-state index contributed by atoms with van der Waals surface area (Å²) in [6.07, 6.45) is 0. The molecule has 1 fully saturated rings. The van der Waals surface area contributed by atoms with E-state index in [1.54, 1.807) is 0 Å². The lowest BCUT2D eigenvalue weighted by Crippen LogP contribution is -2.32. The van der Waals surface area contributed by atoms with Gasteiger partial charge in [0.15, 0.2) is 0 Å². The lowest BCUT2D eigenvalue weighted by molar-refractivity contribution is -0.119. The average Bonchev–Trinajstić information content (AvgIpc) is 2.51. The molecule has 0 bridgehead atoms. The zero-order valence-electron chi connectivity index (χ0n) is 12.9. The number of thioether (sulfide) groups is 1. The van der Waals surface area contributed by atoms with Crippen LogP contribution in [0, 0.1) is 12.8 Å². The van der Waals surface area contributed by atoms with Gasteiger partial charge in [-0.15, -0.1) is 0 Å². The number of carbonyl (C=O) groups excluding carboxylic acids is 1. The molecule has 1 unspecified atom stereocenters. The van der Waals surface area contributed by atoms with Crippen molar-refractivity contribution in [2.45, 2.75) is 20.4 Å². The normalized spacial score (nSPS) is 17.5. The maximum absolute atomic E-state index is 12.0. The average molecular weight is 307 g/mol. The summed E-state index contributed by atoms with van der Waals surface area (Å²) in [7, 11) is 0. The zero-order chi connectivity index (χ0) is 15.2. The summed E-state index contributed by atoms with van der Waals surface area (Å²) in [5.74, 6) is 2.26. The third kappa shape index (κ3) is 4.46. The van der Waals surface area contributed by atoms with E-state index in [1.807, 2.05) is 30.8 Å². The standard InChI is InChI=1S/C16H25N3OS/c1-12(10-17)16(20)18-15-5-3-4-14(13(15)2)11-19-6-8-21-9-7-19/h3-5,12H,6-11,17H2,1-2H3,(H,18,20). The van der Waals surface area contributed by atoms with Crippen LogP contribution in [0.4, 0.5) is 5.69 Å². The molecular formula is C16H25N3OS. The third-order valence-corrected chi connectivity index (χ3v) is 4.95. The molecule has 1 aliphatic heterocycles. The Labute approximate surface area is 131 Å². The lowest BCUT2D eigenvalue weighted by Gasteiger charge is -2.27. The number of nitrogens with zero attached hydrogens (tertiary/aromatic N) is 1. The Kier molecular flexibility index (Phi) is 6.08. The highest BCUT2D eigenvalue weighted by Gasteiger charge is 2.15. The number of carbonyl (C=O) groups is 1. The van der Waals surface area contributed by atoms with Gasteiger partial charge in [0.05, 0.1) is 0 Å². The number of hydrogen-bond acceptors (Lipinski definition) is 4. The fourth-order valence-electron chi connectivity index (χ4n) is 2.35. The van der Waals surface area contributed by atoms with E-state index in [2.05, 4.69) is 23.2 Å². The van der Waals surface area contributed by atoms with E-state index in [0.717, 1.165) is 30.9 Å². The monoisotopic (exact) mass is 307 g/mol. The largest absolute Gasteiger partial charge is 0.330 e. The van der Waals surface area contributed by atoms with Gasteiger partial charge >= 0.3 is 0 Å². The molecule has 0 aromatic heterocycles. The van der Waals surface area contributed by atoms with E-state index < -0.39 is 0 Å². The number of nitrogens with two attached hydrogens (primary N) is 1. The Morgan fingerprint density at radius 2 is 2.14 bits per heavy atom. The van der Waals surface area contributed by atoms with Crippen molar-refractivity contribution in [2.75, 3.05) is 36.5 Å². The van der Waals surface area contributed by atoms with Crippen molar-refractivity contribution in [1.82, 2.24) is 4.90 Å². The van der Waals surface area contributed by atoms with Crippen LogP contribution in [0.5, 0.6) is 0 Å². The lowest BCUT2D eigenvalue weighted by atomic mass is 10.0. The predicted molar refractivity (Wildman–Crippen MR) is 90.6 cm³/mol. The van der Waals surface area contributed by atoms with E-state index in [4.69, 9.17) is 5.73 Å². The molecule has 5 heteroatoms. The Bertz CT molecular complexity index is 486. The van der Waals surface area contributed by atoms with E-state index in [0.29, 0.717) is 6.54 Å². The number of anilines is 1. The van der Waals surface area contributed by atoms with Gasteiger partial charge in [-0.25, -0.2) is 0 Å². The maximum Gasteiger partial charge on any atom is 0.228 e. The summed E-state index contributed by atoms with van der Waals surface area (Å²) in [6.45, 7) is 7.55. The second-order valence-electron chi connectivity index (χ2n) is 5.60. The van der Waals surface area contributed by atoms with Crippen LogP contribution in [0.15, 0.2) is 18.2 Å². The van der Waals surface area contributed by atoms with Crippen molar-refractivity contribution >= 4 is 23.4 Å². The number of nitrogens with one attached hydrogen (secondary N) is 1. The highest BCUT2D eigenvalue weighted by molar-refractivity contribution is 7.99. The molecule has 116 valence electrons. The highest BCUT2D eigenvalue weighted by atomic mass is 32.2. The van der Waals surface area contributed by atoms with Crippen molar-refractivity contribution in [3.8, 4) is 0 Å². The molecule has 2 rings (SSSR count). The Morgan fingerprint density at radius 1 is 1.43 bits per heavy atom. The molecule has 0 radical (unpaired) electrons. The van der Waals surface area contributed by atoms with Gasteiger partial charge in [-0.2, -0.15) is 11.8 Å². The number of amides is 1. The van der Waals surface area contributed by atoms with E-state index in [9.17, 15) is 4.79 Å². The fourth-order valence-corrected chi connectivity index (χ4v) is 3.33. The van der Waals surface area contributed by atoms with Crippen molar-refractivity contribution in [1.29, 1.82) is 0 Å². The Hall–Kier alpha value is -1.04. The van der Waals surface area contributed by atoms with Crippen LogP contribution < -0.4 is 11.1 Å². The van der Waals surface area contributed by atoms with Crippen LogP contribution in [0.2, 0.25) is 0 Å². The van der Waals surface area contributed by atoms with Gasteiger partial charge in [-0.05, 0) is 24.1 Å². The zero-order valence-corrected chi connectivity index (χ0v) is 13.7. The molecule has 1 atom stereocenters. The SMILES string of the molecule is Cc1c(CN2CCSCC2)cccc1NC(=O)C(C)CN. The molecule has 3 N–H and O–H groups in total. The molecule has 21 heavy (non-hydrogen) atoms. The molecule has 0 spiro atoms. The molecule has 1 amide bonds. The molecule has 1 aromatic carbocycles. The van der Waals surface area contributed by atoms with Crippen LogP contribution in [0.3, 0.4) is 0 Å². The van der Waals surface area contributed by atoms with Crippen molar-refractivity contribution in [3.63, 3.8) is 0 Å². The molecule has 1 aliphatic rings. The van der Waals surface area contributed by atoms with Gasteiger partial charge < -0.3 is 11.1 Å². The van der Waals surface area contributed by atoms with Crippen LogP contribution >= 0.6 is 11.8 Å². The highest BCUT2D eigenvalue weighted by Crippen LogP contribution is 2.22. The third-order valence-electron chi connectivity index (χ3n) is 4.00. The van der Waals surface area contributed by atoms with Crippen molar-refractivity contribution < 1.29 is 4.79 Å². The number of benzene rings is 1. The Balaban J connectivity index is 2.06. The van der Waals surface area contributed by atoms with E-state index in [1.165, 1.54) is 17.1 Å². The molecule has 1 heterocycles. The minimum atomic E-state index is -0.160. The summed E-state index contributed by atoms with van der Waals surface area (Å²) in [4.78, 5) is 14.5. The van der Waals surface area contributed by atoms with Crippen molar-refractivity contribution in [2.24, 2.45) is 11.7 Å². The van der Waals surface area contributed by atoms with E-state index in [-0.39, 0.29) is 11.8 Å². The summed E-state index contributed by atoms with van der Waals surface area (Å²) in [6, 6.07) is 6.13. The quantitative estimate of drug-likeness (QED) is 0.874. The summed E-state index contributed by atoms with van der Waals surface area (Å²) in [5.41, 5.74) is 8.91. The van der Waals surface area contributed by atoms with E-state index >= 15 is 0 Å². The topological polar surface area (TPSA) is 58.4 Å². The first-order valence-electron chi connectivity index (χ1n) is 7.51. The maximum atomic E-state index is 12.0. The van der Waals surface area contributed by atoms with Gasteiger partial charge in [-0.3, -0.25) is 9.69 Å². The summed E-state index contributed by atoms with van der Waals surface area (Å²) < 4.78 is 0.